The van der Waals surface area contributed by atoms with Crippen LogP contribution < -0.4 is 5.32 Å². The lowest BCUT2D eigenvalue weighted by Crippen LogP contribution is -2.22. The van der Waals surface area contributed by atoms with Crippen molar-refractivity contribution in [3.63, 3.8) is 0 Å². The lowest BCUT2D eigenvalue weighted by atomic mass is 10.2. The molecule has 0 aliphatic carbocycles. The van der Waals surface area contributed by atoms with Crippen LogP contribution in [0.15, 0.2) is 41.6 Å². The molecule has 0 unspecified atom stereocenters. The quantitative estimate of drug-likeness (QED) is 0.844. The third-order valence-electron chi connectivity index (χ3n) is 2.53. The molecule has 0 saturated carbocycles. The Hall–Kier alpha value is -1.39. The molecule has 0 aliphatic heterocycles. The van der Waals surface area contributed by atoms with Crippen LogP contribution in [0, 0.1) is 0 Å². The molecule has 0 spiro atoms. The fourth-order valence-electron chi connectivity index (χ4n) is 1.55. The predicted molar refractivity (Wildman–Crippen MR) is 75.2 cm³/mol. The molecule has 2 N–H and O–H groups in total. The molecule has 94 valence electrons. The Morgan fingerprint density at radius 2 is 2.28 bits per heavy atom. The molecule has 1 heterocycles. The van der Waals surface area contributed by atoms with E-state index in [0.717, 1.165) is 10.5 Å². The van der Waals surface area contributed by atoms with Crippen LogP contribution in [0.25, 0.3) is 0 Å². The number of H-pyrrole nitrogens is 1. The highest BCUT2D eigenvalue weighted by atomic mass is 35.5. The van der Waals surface area contributed by atoms with E-state index >= 15 is 0 Å². The minimum atomic E-state index is -0.155. The van der Waals surface area contributed by atoms with Gasteiger partial charge in [-0.1, -0.05) is 11.6 Å². The van der Waals surface area contributed by atoms with Gasteiger partial charge < -0.3 is 10.3 Å². The number of carbonyl (C=O) groups excluding carboxylic acids is 1. The van der Waals surface area contributed by atoms with E-state index in [2.05, 4.69) is 10.3 Å². The van der Waals surface area contributed by atoms with E-state index in [1.807, 2.05) is 30.8 Å². The summed E-state index contributed by atoms with van der Waals surface area (Å²) in [5.74, 6) is -0.155. The zero-order valence-electron chi connectivity index (χ0n) is 9.87. The van der Waals surface area contributed by atoms with Gasteiger partial charge in [-0.3, -0.25) is 4.79 Å². The van der Waals surface area contributed by atoms with Crippen molar-refractivity contribution in [1.82, 2.24) is 10.3 Å². The van der Waals surface area contributed by atoms with Crippen molar-refractivity contribution in [2.24, 2.45) is 0 Å². The average molecular weight is 281 g/mol. The molecule has 1 aromatic heterocycles. The number of benzene rings is 1. The second-order valence-electron chi connectivity index (χ2n) is 3.75. The van der Waals surface area contributed by atoms with Gasteiger partial charge in [-0.05, 0) is 36.1 Å². The van der Waals surface area contributed by atoms with Gasteiger partial charge in [-0.2, -0.15) is 0 Å². The Morgan fingerprint density at radius 3 is 2.94 bits per heavy atom. The molecule has 5 heteroatoms. The Labute approximate surface area is 115 Å². The van der Waals surface area contributed by atoms with Gasteiger partial charge in [-0.25, -0.2) is 0 Å². The zero-order chi connectivity index (χ0) is 13.0. The zero-order valence-corrected chi connectivity index (χ0v) is 11.4. The molecule has 1 aromatic carbocycles. The van der Waals surface area contributed by atoms with Crippen molar-refractivity contribution >= 4 is 29.3 Å². The molecule has 2 aromatic rings. The molecule has 18 heavy (non-hydrogen) atoms. The highest BCUT2D eigenvalue weighted by Crippen LogP contribution is 2.22. The maximum absolute atomic E-state index is 12.0. The van der Waals surface area contributed by atoms with Crippen molar-refractivity contribution in [3.05, 3.63) is 52.8 Å². The van der Waals surface area contributed by atoms with Crippen molar-refractivity contribution < 1.29 is 4.79 Å². The summed E-state index contributed by atoms with van der Waals surface area (Å²) in [4.78, 5) is 16.0. The highest BCUT2D eigenvalue weighted by Gasteiger charge is 2.10. The number of nitrogens with one attached hydrogen (secondary N) is 2. The van der Waals surface area contributed by atoms with Crippen molar-refractivity contribution in [2.75, 3.05) is 6.26 Å². The summed E-state index contributed by atoms with van der Waals surface area (Å²) < 4.78 is 0. The monoisotopic (exact) mass is 280 g/mol. The molecule has 0 aliphatic rings. The molecule has 3 nitrogen and oxygen atoms in total. The normalized spacial score (nSPS) is 10.3. The van der Waals surface area contributed by atoms with Gasteiger partial charge in [0.05, 0.1) is 10.6 Å². The van der Waals surface area contributed by atoms with Gasteiger partial charge >= 0.3 is 0 Å². The number of carbonyl (C=O) groups is 1. The molecule has 2 rings (SSSR count). The third-order valence-corrected chi connectivity index (χ3v) is 3.59. The predicted octanol–water partition coefficient (Wildman–Crippen LogP) is 3.32. The van der Waals surface area contributed by atoms with Crippen LogP contribution >= 0.6 is 23.4 Å². The Morgan fingerprint density at radius 1 is 1.44 bits per heavy atom. The van der Waals surface area contributed by atoms with E-state index in [1.54, 1.807) is 23.9 Å². The maximum atomic E-state index is 12.0. The van der Waals surface area contributed by atoms with Crippen LogP contribution in [0.1, 0.15) is 15.9 Å². The number of amides is 1. The van der Waals surface area contributed by atoms with Crippen molar-refractivity contribution in [2.45, 2.75) is 11.4 Å². The second-order valence-corrected chi connectivity index (χ2v) is 5.03. The Balaban J connectivity index is 2.08. The molecule has 0 saturated heterocycles. The first-order valence-electron chi connectivity index (χ1n) is 5.44. The van der Waals surface area contributed by atoms with Gasteiger partial charge in [0, 0.05) is 23.8 Å². The number of thioether (sulfide) groups is 1. The smallest absolute Gasteiger partial charge is 0.253 e. The summed E-state index contributed by atoms with van der Waals surface area (Å²) in [7, 11) is 0. The van der Waals surface area contributed by atoms with E-state index in [1.165, 1.54) is 0 Å². The SMILES string of the molecule is CSc1ccc(Cl)c(C(=O)NCc2cc[nH]c2)c1. The van der Waals surface area contributed by atoms with Crippen molar-refractivity contribution in [3.8, 4) is 0 Å². The average Bonchev–Trinajstić information content (AvgIpc) is 2.89. The van der Waals surface area contributed by atoms with Crippen LogP contribution in [-0.4, -0.2) is 17.1 Å². The van der Waals surface area contributed by atoms with Crippen LogP contribution in [0.3, 0.4) is 0 Å². The summed E-state index contributed by atoms with van der Waals surface area (Å²) in [5, 5.41) is 3.31. The minimum Gasteiger partial charge on any atom is -0.367 e. The minimum absolute atomic E-state index is 0.155. The van der Waals surface area contributed by atoms with E-state index in [4.69, 9.17) is 11.6 Å². The summed E-state index contributed by atoms with van der Waals surface area (Å²) in [6, 6.07) is 7.37. The maximum Gasteiger partial charge on any atom is 0.253 e. The second kappa shape index (κ2) is 5.98. The van der Waals surface area contributed by atoms with Crippen LogP contribution in [0.2, 0.25) is 5.02 Å². The summed E-state index contributed by atoms with van der Waals surface area (Å²) >= 11 is 7.61. The van der Waals surface area contributed by atoms with Gasteiger partial charge in [0.1, 0.15) is 0 Å². The fraction of sp³-hybridized carbons (Fsp3) is 0.154. The van der Waals surface area contributed by atoms with Gasteiger partial charge in [0.2, 0.25) is 0 Å². The number of aromatic amines is 1. The Kier molecular flexibility index (Phi) is 4.33. The lowest BCUT2D eigenvalue weighted by Gasteiger charge is -2.07. The standard InChI is InChI=1S/C13H13ClN2OS/c1-18-10-2-3-12(14)11(6-10)13(17)16-8-9-4-5-15-7-9/h2-7,15H,8H2,1H3,(H,16,17). The largest absolute Gasteiger partial charge is 0.367 e. The number of hydrogen-bond donors (Lipinski definition) is 2. The van der Waals surface area contributed by atoms with E-state index in [-0.39, 0.29) is 5.91 Å². The topological polar surface area (TPSA) is 44.9 Å². The fourth-order valence-corrected chi connectivity index (χ4v) is 2.19. The molecule has 0 atom stereocenters. The van der Waals surface area contributed by atoms with Gasteiger partial charge in [-0.15, -0.1) is 11.8 Å². The van der Waals surface area contributed by atoms with Crippen molar-refractivity contribution in [1.29, 1.82) is 0 Å². The van der Waals surface area contributed by atoms with E-state index < -0.39 is 0 Å². The first-order valence-corrected chi connectivity index (χ1v) is 7.04. The molecule has 0 fully saturated rings. The third kappa shape index (κ3) is 3.09. The van der Waals surface area contributed by atoms with Crippen LogP contribution in [0.4, 0.5) is 0 Å². The number of halogens is 1. The van der Waals surface area contributed by atoms with Gasteiger partial charge in [0.15, 0.2) is 0 Å². The molecule has 0 radical (unpaired) electrons. The number of hydrogen-bond acceptors (Lipinski definition) is 2. The lowest BCUT2D eigenvalue weighted by molar-refractivity contribution is 0.0951. The first-order chi connectivity index (χ1) is 8.70. The van der Waals surface area contributed by atoms with E-state index in [0.29, 0.717) is 17.1 Å². The van der Waals surface area contributed by atoms with Crippen LogP contribution in [-0.2, 0) is 6.54 Å². The van der Waals surface area contributed by atoms with Crippen LogP contribution in [0.5, 0.6) is 0 Å². The number of aromatic nitrogens is 1. The van der Waals surface area contributed by atoms with E-state index in [9.17, 15) is 4.79 Å². The molecule has 1 amide bonds. The first kappa shape index (κ1) is 13.1. The summed E-state index contributed by atoms with van der Waals surface area (Å²) in [6.45, 7) is 0.488. The highest BCUT2D eigenvalue weighted by molar-refractivity contribution is 7.98. The summed E-state index contributed by atoms with van der Waals surface area (Å²) in [6.07, 6.45) is 5.63. The van der Waals surface area contributed by atoms with Gasteiger partial charge in [0.25, 0.3) is 5.91 Å². The number of rotatable bonds is 4. The molecule has 0 bridgehead atoms. The molecular weight excluding hydrogens is 268 g/mol. The summed E-state index contributed by atoms with van der Waals surface area (Å²) in [5.41, 5.74) is 1.54. The Bertz CT molecular complexity index is 540. The molecular formula is C13H13ClN2OS.